The molecule has 0 aliphatic heterocycles. The molecule has 0 aromatic heterocycles. The van der Waals surface area contributed by atoms with E-state index in [1.54, 1.807) is 6.92 Å². The number of carbonyl (C=O) groups is 1. The van der Waals surface area contributed by atoms with E-state index < -0.39 is 0 Å². The van der Waals surface area contributed by atoms with E-state index >= 15 is 0 Å². The fourth-order valence-corrected chi connectivity index (χ4v) is 1.38. The van der Waals surface area contributed by atoms with E-state index in [1.807, 2.05) is 34.7 Å². The molecule has 0 bridgehead atoms. The molecule has 2 heteroatoms. The molecule has 18 heavy (non-hydrogen) atoms. The number of benzene rings is 1. The van der Waals surface area contributed by atoms with Gasteiger partial charge in [0.1, 0.15) is 5.78 Å². The first-order valence-corrected chi connectivity index (χ1v) is 6.98. The quantitative estimate of drug-likeness (QED) is 0.822. The minimum absolute atomic E-state index is 0.275. The van der Waals surface area contributed by atoms with Crippen LogP contribution in [0.1, 0.15) is 53.0 Å². The van der Waals surface area contributed by atoms with Crippen LogP contribution in [-0.4, -0.2) is 12.8 Å². The second-order valence-electron chi connectivity index (χ2n) is 3.50. The minimum Gasteiger partial charge on any atom is -0.388 e. The lowest BCUT2D eigenvalue weighted by Crippen LogP contribution is -1.93. The molecule has 0 saturated carbocycles. The van der Waals surface area contributed by atoms with Crippen LogP contribution in [0.3, 0.4) is 0 Å². The molecule has 1 rings (SSSR count). The van der Waals surface area contributed by atoms with Crippen LogP contribution < -0.4 is 5.32 Å². The SMILES string of the molecule is CC.CC.CNc1ccc(CCCC(C)=O)cc1. The number of rotatable bonds is 5. The van der Waals surface area contributed by atoms with E-state index in [9.17, 15) is 4.79 Å². The summed E-state index contributed by atoms with van der Waals surface area (Å²) in [6.45, 7) is 9.64. The van der Waals surface area contributed by atoms with Gasteiger partial charge in [0, 0.05) is 19.2 Å². The summed E-state index contributed by atoms with van der Waals surface area (Å²) in [6, 6.07) is 8.32. The second kappa shape index (κ2) is 13.8. The average Bonchev–Trinajstić information content (AvgIpc) is 2.44. The Kier molecular flexibility index (Phi) is 14.5. The van der Waals surface area contributed by atoms with Gasteiger partial charge in [-0.1, -0.05) is 39.8 Å². The van der Waals surface area contributed by atoms with Gasteiger partial charge >= 0.3 is 0 Å². The maximum Gasteiger partial charge on any atom is 0.129 e. The highest BCUT2D eigenvalue weighted by molar-refractivity contribution is 5.75. The Morgan fingerprint density at radius 3 is 1.94 bits per heavy atom. The molecular weight excluding hydrogens is 222 g/mol. The van der Waals surface area contributed by atoms with Crippen LogP contribution in [0.15, 0.2) is 24.3 Å². The third-order valence-corrected chi connectivity index (χ3v) is 2.24. The highest BCUT2D eigenvalue weighted by atomic mass is 16.1. The van der Waals surface area contributed by atoms with E-state index in [1.165, 1.54) is 5.56 Å². The van der Waals surface area contributed by atoms with E-state index in [2.05, 4.69) is 29.6 Å². The van der Waals surface area contributed by atoms with Crippen molar-refractivity contribution < 1.29 is 4.79 Å². The first-order valence-electron chi connectivity index (χ1n) is 6.98. The van der Waals surface area contributed by atoms with Crippen molar-refractivity contribution in [3.05, 3.63) is 29.8 Å². The summed E-state index contributed by atoms with van der Waals surface area (Å²) in [4.78, 5) is 10.7. The molecule has 1 N–H and O–H groups in total. The molecule has 0 aliphatic carbocycles. The average molecular weight is 251 g/mol. The summed E-state index contributed by atoms with van der Waals surface area (Å²) < 4.78 is 0. The fraction of sp³-hybridized carbons (Fsp3) is 0.562. The normalized spacial score (nSPS) is 8.33. The predicted octanol–water partition coefficient (Wildman–Crippen LogP) is 4.69. The van der Waals surface area contributed by atoms with Gasteiger partial charge in [-0.05, 0) is 37.5 Å². The summed E-state index contributed by atoms with van der Waals surface area (Å²) in [5.74, 6) is 0.275. The number of Topliss-reactive ketones (excluding diaryl/α,β-unsaturated/α-hetero) is 1. The minimum atomic E-state index is 0.275. The number of hydrogen-bond donors (Lipinski definition) is 1. The van der Waals surface area contributed by atoms with E-state index in [0.717, 1.165) is 18.5 Å². The van der Waals surface area contributed by atoms with Crippen molar-refractivity contribution in [2.75, 3.05) is 12.4 Å². The lowest BCUT2D eigenvalue weighted by atomic mass is 10.1. The number of nitrogens with one attached hydrogen (secondary N) is 1. The van der Waals surface area contributed by atoms with Crippen LogP contribution in [0.4, 0.5) is 5.69 Å². The molecule has 0 amide bonds. The maximum atomic E-state index is 10.7. The van der Waals surface area contributed by atoms with Gasteiger partial charge in [-0.3, -0.25) is 0 Å². The first-order chi connectivity index (χ1) is 8.72. The van der Waals surface area contributed by atoms with E-state index in [0.29, 0.717) is 6.42 Å². The lowest BCUT2D eigenvalue weighted by Gasteiger charge is -2.02. The van der Waals surface area contributed by atoms with Gasteiger partial charge in [-0.15, -0.1) is 0 Å². The van der Waals surface area contributed by atoms with Crippen molar-refractivity contribution in [1.82, 2.24) is 0 Å². The number of anilines is 1. The molecule has 0 heterocycles. The van der Waals surface area contributed by atoms with Crippen molar-refractivity contribution in [1.29, 1.82) is 0 Å². The Balaban J connectivity index is 0. The molecule has 0 radical (unpaired) electrons. The van der Waals surface area contributed by atoms with Crippen molar-refractivity contribution in [3.63, 3.8) is 0 Å². The van der Waals surface area contributed by atoms with Gasteiger partial charge in [0.15, 0.2) is 0 Å². The first kappa shape index (κ1) is 19.0. The standard InChI is InChI=1S/C12H17NO.2C2H6/c1-10(14)4-3-5-11-6-8-12(13-2)9-7-11;2*1-2/h6-9,13H,3-5H2,1-2H3;2*1-2H3. The number of aryl methyl sites for hydroxylation is 1. The van der Waals surface area contributed by atoms with Crippen LogP contribution in [0.5, 0.6) is 0 Å². The van der Waals surface area contributed by atoms with Crippen LogP contribution in [0.2, 0.25) is 0 Å². The largest absolute Gasteiger partial charge is 0.388 e. The highest BCUT2D eigenvalue weighted by Crippen LogP contribution is 2.10. The van der Waals surface area contributed by atoms with Gasteiger partial charge in [-0.25, -0.2) is 0 Å². The van der Waals surface area contributed by atoms with Crippen molar-refractivity contribution in [2.45, 2.75) is 53.9 Å². The Morgan fingerprint density at radius 1 is 1.06 bits per heavy atom. The number of carbonyl (C=O) groups excluding carboxylic acids is 1. The summed E-state index contributed by atoms with van der Waals surface area (Å²) in [5.41, 5.74) is 2.42. The molecule has 0 aliphatic rings. The third-order valence-electron chi connectivity index (χ3n) is 2.24. The summed E-state index contributed by atoms with van der Waals surface area (Å²) in [7, 11) is 1.91. The Bertz CT molecular complexity index is 290. The van der Waals surface area contributed by atoms with Crippen molar-refractivity contribution in [2.24, 2.45) is 0 Å². The highest BCUT2D eigenvalue weighted by Gasteiger charge is 1.96. The molecule has 0 unspecified atom stereocenters. The zero-order chi connectivity index (χ0) is 14.4. The summed E-state index contributed by atoms with van der Waals surface area (Å²) >= 11 is 0. The summed E-state index contributed by atoms with van der Waals surface area (Å²) in [6.07, 6.45) is 2.63. The second-order valence-corrected chi connectivity index (χ2v) is 3.50. The molecule has 0 atom stereocenters. The fourth-order valence-electron chi connectivity index (χ4n) is 1.38. The topological polar surface area (TPSA) is 29.1 Å². The Morgan fingerprint density at radius 2 is 1.56 bits per heavy atom. The van der Waals surface area contributed by atoms with Gasteiger partial charge in [0.2, 0.25) is 0 Å². The lowest BCUT2D eigenvalue weighted by molar-refractivity contribution is -0.117. The predicted molar refractivity (Wildman–Crippen MR) is 82.3 cm³/mol. The molecule has 1 aromatic rings. The molecule has 104 valence electrons. The molecule has 2 nitrogen and oxygen atoms in total. The molecule has 0 saturated heterocycles. The summed E-state index contributed by atoms with van der Waals surface area (Å²) in [5, 5.41) is 3.07. The van der Waals surface area contributed by atoms with E-state index in [4.69, 9.17) is 0 Å². The third kappa shape index (κ3) is 9.88. The Labute approximate surface area is 113 Å². The van der Waals surface area contributed by atoms with Crippen molar-refractivity contribution >= 4 is 11.5 Å². The Hall–Kier alpha value is -1.31. The van der Waals surface area contributed by atoms with Crippen LogP contribution >= 0.6 is 0 Å². The van der Waals surface area contributed by atoms with Crippen molar-refractivity contribution in [3.8, 4) is 0 Å². The zero-order valence-electron chi connectivity index (χ0n) is 12.8. The number of hydrogen-bond acceptors (Lipinski definition) is 2. The van der Waals surface area contributed by atoms with E-state index in [-0.39, 0.29) is 5.78 Å². The zero-order valence-corrected chi connectivity index (χ0v) is 12.8. The van der Waals surface area contributed by atoms with Gasteiger partial charge < -0.3 is 10.1 Å². The van der Waals surface area contributed by atoms with Crippen LogP contribution in [0.25, 0.3) is 0 Å². The maximum absolute atomic E-state index is 10.7. The molecule has 1 aromatic carbocycles. The molecular formula is C16H29NO. The van der Waals surface area contributed by atoms with Crippen LogP contribution in [-0.2, 0) is 11.2 Å². The molecule has 0 fully saturated rings. The number of ketones is 1. The van der Waals surface area contributed by atoms with Crippen LogP contribution in [0, 0.1) is 0 Å². The smallest absolute Gasteiger partial charge is 0.129 e. The van der Waals surface area contributed by atoms with Gasteiger partial charge in [0.25, 0.3) is 0 Å². The van der Waals surface area contributed by atoms with Gasteiger partial charge in [0.05, 0.1) is 0 Å². The molecule has 0 spiro atoms. The van der Waals surface area contributed by atoms with Gasteiger partial charge in [-0.2, -0.15) is 0 Å². The monoisotopic (exact) mass is 251 g/mol.